The van der Waals surface area contributed by atoms with E-state index < -0.39 is 0 Å². The Morgan fingerprint density at radius 3 is 2.83 bits per heavy atom. The van der Waals surface area contributed by atoms with Gasteiger partial charge in [0, 0.05) is 31.3 Å². The van der Waals surface area contributed by atoms with Crippen LogP contribution in [0.15, 0.2) is 83.5 Å². The second kappa shape index (κ2) is 11.5. The van der Waals surface area contributed by atoms with Crippen molar-refractivity contribution < 1.29 is 4.74 Å². The summed E-state index contributed by atoms with van der Waals surface area (Å²) in [6.45, 7) is 5.00. The van der Waals surface area contributed by atoms with Crippen LogP contribution < -0.4 is 5.43 Å². The van der Waals surface area contributed by atoms with Gasteiger partial charge in [0.15, 0.2) is 0 Å². The van der Waals surface area contributed by atoms with Gasteiger partial charge in [-0.25, -0.2) is 9.98 Å². The summed E-state index contributed by atoms with van der Waals surface area (Å²) in [5.74, 6) is 2.05. The number of amidine groups is 1. The van der Waals surface area contributed by atoms with Crippen LogP contribution in [0.1, 0.15) is 48.9 Å². The maximum Gasteiger partial charge on any atom is 0.137 e. The molecular weight excluding hydrogens is 436 g/mol. The number of hydrogen-bond acceptors (Lipinski definition) is 6. The molecule has 0 amide bonds. The van der Waals surface area contributed by atoms with Crippen molar-refractivity contribution in [2.24, 2.45) is 4.99 Å². The van der Waals surface area contributed by atoms with Gasteiger partial charge >= 0.3 is 0 Å². The highest BCUT2D eigenvalue weighted by Gasteiger charge is 2.36. The molecule has 2 aromatic rings. The molecule has 2 aliphatic rings. The number of nitrogens with one attached hydrogen (secondary N) is 1. The van der Waals surface area contributed by atoms with Crippen molar-refractivity contribution in [2.45, 2.75) is 45.2 Å². The lowest BCUT2D eigenvalue weighted by atomic mass is 9.88. The minimum Gasteiger partial charge on any atom is -0.501 e. The highest BCUT2D eigenvalue weighted by atomic mass is 16.5. The molecular formula is C28H32N6O. The number of benzene rings is 1. The zero-order valence-electron chi connectivity index (χ0n) is 20.6. The number of methoxy groups -OCH3 is 1. The van der Waals surface area contributed by atoms with Gasteiger partial charge in [0.05, 0.1) is 36.5 Å². The number of imidazole rings is 1. The molecule has 1 aromatic carbocycles. The molecule has 1 saturated heterocycles. The van der Waals surface area contributed by atoms with Gasteiger partial charge in [-0.3, -0.25) is 0 Å². The van der Waals surface area contributed by atoms with Gasteiger partial charge in [0.2, 0.25) is 0 Å². The highest BCUT2D eigenvalue weighted by Crippen LogP contribution is 2.34. The van der Waals surface area contributed by atoms with Gasteiger partial charge in [-0.15, -0.1) is 0 Å². The number of aromatic nitrogens is 2. The number of hydrogen-bond donors (Lipinski definition) is 1. The van der Waals surface area contributed by atoms with E-state index in [1.807, 2.05) is 60.3 Å². The summed E-state index contributed by atoms with van der Waals surface area (Å²) in [6.07, 6.45) is 18.9. The average Bonchev–Trinajstić information content (AvgIpc) is 3.50. The van der Waals surface area contributed by atoms with E-state index in [1.165, 1.54) is 5.56 Å². The van der Waals surface area contributed by atoms with Gasteiger partial charge in [0.1, 0.15) is 12.0 Å². The number of nitrogens with zero attached hydrogens (tertiary/aromatic N) is 5. The van der Waals surface area contributed by atoms with E-state index in [9.17, 15) is 0 Å². The summed E-state index contributed by atoms with van der Waals surface area (Å²) in [6, 6.07) is 10.1. The summed E-state index contributed by atoms with van der Waals surface area (Å²) in [7, 11) is 1.70. The van der Waals surface area contributed by atoms with Crippen molar-refractivity contribution in [1.82, 2.24) is 20.0 Å². The molecule has 0 saturated carbocycles. The van der Waals surface area contributed by atoms with Crippen molar-refractivity contribution >= 4 is 12.0 Å². The van der Waals surface area contributed by atoms with Crippen LogP contribution in [0.5, 0.6) is 0 Å². The highest BCUT2D eigenvalue weighted by molar-refractivity contribution is 5.94. The van der Waals surface area contributed by atoms with Gasteiger partial charge in [-0.05, 0) is 61.3 Å². The minimum absolute atomic E-state index is 0.0499. The lowest BCUT2D eigenvalue weighted by Gasteiger charge is -2.34. The molecule has 7 heteroatoms. The largest absolute Gasteiger partial charge is 0.501 e. The van der Waals surface area contributed by atoms with Gasteiger partial charge in [-0.1, -0.05) is 31.2 Å². The van der Waals surface area contributed by atoms with Crippen molar-refractivity contribution in [1.29, 1.82) is 5.26 Å². The Labute approximate surface area is 207 Å². The molecule has 0 bridgehead atoms. The first kappa shape index (κ1) is 24.2. The molecule has 1 fully saturated rings. The fraction of sp³-hybridized carbons (Fsp3) is 0.321. The van der Waals surface area contributed by atoms with E-state index in [-0.39, 0.29) is 6.17 Å². The maximum absolute atomic E-state index is 9.10. The Bertz CT molecular complexity index is 1200. The van der Waals surface area contributed by atoms with Crippen molar-refractivity contribution in [3.8, 4) is 6.07 Å². The second-order valence-electron chi connectivity index (χ2n) is 8.69. The third-order valence-electron chi connectivity index (χ3n) is 6.24. The van der Waals surface area contributed by atoms with E-state index in [0.717, 1.165) is 48.7 Å². The third-order valence-corrected chi connectivity index (χ3v) is 6.24. The number of aliphatic imine (C=N–C) groups is 1. The molecule has 1 aromatic heterocycles. The number of hydrazine groups is 1. The van der Waals surface area contributed by atoms with E-state index in [2.05, 4.69) is 46.6 Å². The number of ether oxygens (including phenoxy) is 1. The first-order valence-electron chi connectivity index (χ1n) is 12.0. The van der Waals surface area contributed by atoms with E-state index in [4.69, 9.17) is 15.0 Å². The van der Waals surface area contributed by atoms with E-state index in [0.29, 0.717) is 11.5 Å². The lowest BCUT2D eigenvalue weighted by Crippen LogP contribution is -2.46. The Kier molecular flexibility index (Phi) is 7.96. The molecule has 0 aliphatic carbocycles. The lowest BCUT2D eigenvalue weighted by molar-refractivity contribution is 0.123. The number of rotatable bonds is 8. The topological polar surface area (TPSA) is 78.5 Å². The summed E-state index contributed by atoms with van der Waals surface area (Å²) in [4.78, 5) is 9.25. The molecule has 1 N–H and O–H groups in total. The van der Waals surface area contributed by atoms with Crippen LogP contribution in [0.2, 0.25) is 0 Å². The molecule has 2 atom stereocenters. The van der Waals surface area contributed by atoms with Gasteiger partial charge < -0.3 is 14.7 Å². The number of aryl methyl sites for hydroxylation is 1. The molecule has 180 valence electrons. The minimum atomic E-state index is 0.0499. The van der Waals surface area contributed by atoms with Crippen LogP contribution in [-0.2, 0) is 4.74 Å². The second-order valence-corrected chi connectivity index (χ2v) is 8.69. The smallest absolute Gasteiger partial charge is 0.137 e. The summed E-state index contributed by atoms with van der Waals surface area (Å²) < 4.78 is 7.43. The zero-order chi connectivity index (χ0) is 24.6. The summed E-state index contributed by atoms with van der Waals surface area (Å²) in [5, 5.41) is 11.3. The van der Waals surface area contributed by atoms with Crippen molar-refractivity contribution in [3.63, 3.8) is 0 Å². The van der Waals surface area contributed by atoms with Crippen molar-refractivity contribution in [3.05, 3.63) is 95.3 Å². The molecule has 3 heterocycles. The molecule has 0 spiro atoms. The summed E-state index contributed by atoms with van der Waals surface area (Å²) >= 11 is 0. The van der Waals surface area contributed by atoms with Crippen LogP contribution in [-0.4, -0.2) is 40.2 Å². The quantitative estimate of drug-likeness (QED) is 0.432. The van der Waals surface area contributed by atoms with Crippen LogP contribution in [0.3, 0.4) is 0 Å². The zero-order valence-corrected chi connectivity index (χ0v) is 20.6. The van der Waals surface area contributed by atoms with Crippen LogP contribution in [0.25, 0.3) is 6.20 Å². The van der Waals surface area contributed by atoms with Gasteiger partial charge in [0.25, 0.3) is 0 Å². The summed E-state index contributed by atoms with van der Waals surface area (Å²) in [5.41, 5.74) is 7.37. The molecule has 2 aliphatic heterocycles. The Morgan fingerprint density at radius 1 is 1.31 bits per heavy atom. The van der Waals surface area contributed by atoms with Gasteiger partial charge in [-0.2, -0.15) is 10.3 Å². The Balaban J connectivity index is 1.53. The SMILES string of the molecule is CC\C(=C/C(=C\C=C\n1cnc(C)c1)/C=C/C1=NC2C(c3ccc(C#N)cc3)CCCN2N1)OC. The predicted molar refractivity (Wildman–Crippen MR) is 139 cm³/mol. The fourth-order valence-corrected chi connectivity index (χ4v) is 4.40. The predicted octanol–water partition coefficient (Wildman–Crippen LogP) is 5.08. The van der Waals surface area contributed by atoms with Crippen LogP contribution in [0.4, 0.5) is 0 Å². The first-order valence-corrected chi connectivity index (χ1v) is 12.0. The Morgan fingerprint density at radius 2 is 2.14 bits per heavy atom. The van der Waals surface area contributed by atoms with E-state index >= 15 is 0 Å². The number of allylic oxidation sites excluding steroid dienone is 6. The normalized spacial score (nSPS) is 21.1. The van der Waals surface area contributed by atoms with Crippen LogP contribution >= 0.6 is 0 Å². The molecule has 7 nitrogen and oxygen atoms in total. The van der Waals surface area contributed by atoms with Crippen LogP contribution in [0, 0.1) is 18.3 Å². The Hall–Kier alpha value is -3.89. The molecule has 2 unspecified atom stereocenters. The fourth-order valence-electron chi connectivity index (χ4n) is 4.40. The van der Waals surface area contributed by atoms with Crippen molar-refractivity contribution in [2.75, 3.05) is 13.7 Å². The first-order chi connectivity index (χ1) is 17.1. The standard InChI is InChI=1S/C28H32N6O/c1-4-25(35-3)17-22(7-5-15-33-19-21(2)30-20-33)11-14-27-31-28-26(8-6-16-34(28)32-27)24-12-9-23(18-29)10-13-24/h5,7,9-15,17,19-20,26,28H,4,6,8,16H2,1-3H3,(H,31,32)/b14-11+,15-5+,22-7-,25-17+. The number of nitriles is 1. The average molecular weight is 469 g/mol. The molecule has 35 heavy (non-hydrogen) atoms. The maximum atomic E-state index is 9.10. The number of fused-ring (bicyclic) bond motifs is 1. The third kappa shape index (κ3) is 6.17. The van der Waals surface area contributed by atoms with E-state index in [1.54, 1.807) is 13.4 Å². The molecule has 4 rings (SSSR count). The number of piperidine rings is 1. The monoisotopic (exact) mass is 468 g/mol. The molecule has 0 radical (unpaired) electrons.